The number of sulfone groups is 1. The van der Waals surface area contributed by atoms with E-state index in [-0.39, 0.29) is 30.1 Å². The zero-order chi connectivity index (χ0) is 12.9. The van der Waals surface area contributed by atoms with Crippen LogP contribution in [0.1, 0.15) is 26.7 Å². The van der Waals surface area contributed by atoms with Crippen molar-refractivity contribution in [3.8, 4) is 0 Å². The Morgan fingerprint density at radius 2 is 2.12 bits per heavy atom. The van der Waals surface area contributed by atoms with Gasteiger partial charge < -0.3 is 4.74 Å². The number of hydrogen-bond donors (Lipinski definition) is 0. The first-order valence-electron chi connectivity index (χ1n) is 6.08. The Morgan fingerprint density at radius 1 is 1.41 bits per heavy atom. The summed E-state index contributed by atoms with van der Waals surface area (Å²) in [6.07, 6.45) is 1.53. The van der Waals surface area contributed by atoms with Crippen LogP contribution in [0.3, 0.4) is 0 Å². The van der Waals surface area contributed by atoms with Crippen LogP contribution < -0.4 is 0 Å². The minimum absolute atomic E-state index is 0.0237. The molecule has 1 unspecified atom stereocenters. The van der Waals surface area contributed by atoms with Crippen molar-refractivity contribution >= 4 is 15.8 Å². The van der Waals surface area contributed by atoms with Gasteiger partial charge in [-0.25, -0.2) is 8.42 Å². The van der Waals surface area contributed by atoms with Gasteiger partial charge in [-0.1, -0.05) is 6.92 Å². The Bertz CT molecular complexity index is 352. The number of hydrogen-bond acceptors (Lipinski definition) is 5. The average molecular weight is 263 g/mol. The number of carbonyl (C=O) groups is 1. The van der Waals surface area contributed by atoms with Crippen LogP contribution in [0.15, 0.2) is 0 Å². The second kappa shape index (κ2) is 6.35. The minimum atomic E-state index is -2.90. The molecule has 17 heavy (non-hydrogen) atoms. The van der Waals surface area contributed by atoms with Gasteiger partial charge in [0.05, 0.1) is 24.7 Å². The lowest BCUT2D eigenvalue weighted by Crippen LogP contribution is -2.40. The van der Waals surface area contributed by atoms with E-state index in [1.165, 1.54) is 0 Å². The third-order valence-electron chi connectivity index (χ3n) is 2.87. The van der Waals surface area contributed by atoms with Crippen LogP contribution in [0.5, 0.6) is 0 Å². The molecule has 0 spiro atoms. The van der Waals surface area contributed by atoms with E-state index in [1.54, 1.807) is 6.92 Å². The highest BCUT2D eigenvalue weighted by Crippen LogP contribution is 2.17. The van der Waals surface area contributed by atoms with Crippen molar-refractivity contribution in [2.45, 2.75) is 32.7 Å². The third kappa shape index (κ3) is 4.63. The Morgan fingerprint density at radius 3 is 2.59 bits per heavy atom. The summed E-state index contributed by atoms with van der Waals surface area (Å²) < 4.78 is 27.7. The van der Waals surface area contributed by atoms with Crippen LogP contribution in [0.25, 0.3) is 0 Å². The summed E-state index contributed by atoms with van der Waals surface area (Å²) in [6, 6.07) is -0.0237. The number of rotatable bonds is 6. The first kappa shape index (κ1) is 14.4. The van der Waals surface area contributed by atoms with Gasteiger partial charge in [0.2, 0.25) is 0 Å². The van der Waals surface area contributed by atoms with Crippen LogP contribution in [0.4, 0.5) is 0 Å². The maximum atomic E-state index is 11.4. The Labute approximate surface area is 103 Å². The molecule has 5 nitrogen and oxygen atoms in total. The fraction of sp³-hybridized carbons (Fsp3) is 0.909. The molecule has 0 aliphatic carbocycles. The van der Waals surface area contributed by atoms with E-state index < -0.39 is 9.84 Å². The van der Waals surface area contributed by atoms with Gasteiger partial charge >= 0.3 is 5.97 Å². The fourth-order valence-corrected chi connectivity index (χ4v) is 3.88. The summed E-state index contributed by atoms with van der Waals surface area (Å²) in [6.45, 7) is 5.08. The third-order valence-corrected chi connectivity index (χ3v) is 4.62. The lowest BCUT2D eigenvalue weighted by molar-refractivity contribution is -0.144. The molecule has 1 heterocycles. The monoisotopic (exact) mass is 263 g/mol. The molecule has 0 aromatic rings. The van der Waals surface area contributed by atoms with Gasteiger partial charge in [0.15, 0.2) is 9.84 Å². The van der Waals surface area contributed by atoms with Crippen molar-refractivity contribution in [2.24, 2.45) is 0 Å². The van der Waals surface area contributed by atoms with E-state index in [2.05, 4.69) is 0 Å². The zero-order valence-electron chi connectivity index (χ0n) is 10.5. The van der Waals surface area contributed by atoms with Crippen LogP contribution in [0, 0.1) is 0 Å². The molecule has 0 aromatic carbocycles. The highest BCUT2D eigenvalue weighted by Gasteiger charge is 2.32. The van der Waals surface area contributed by atoms with Crippen LogP contribution in [-0.4, -0.2) is 56.5 Å². The summed E-state index contributed by atoms with van der Waals surface area (Å²) in [5, 5.41) is 0. The van der Waals surface area contributed by atoms with Crippen LogP contribution >= 0.6 is 0 Å². The lowest BCUT2D eigenvalue weighted by Gasteiger charge is -2.26. The number of ether oxygens (including phenoxy) is 1. The van der Waals surface area contributed by atoms with E-state index in [0.29, 0.717) is 13.0 Å². The summed E-state index contributed by atoms with van der Waals surface area (Å²) in [5.74, 6) is 0.137. The molecule has 100 valence electrons. The maximum Gasteiger partial charge on any atom is 0.320 e. The Hall–Kier alpha value is -0.620. The molecule has 0 amide bonds. The van der Waals surface area contributed by atoms with Crippen LogP contribution in [0.2, 0.25) is 0 Å². The van der Waals surface area contributed by atoms with Gasteiger partial charge in [-0.15, -0.1) is 0 Å². The van der Waals surface area contributed by atoms with E-state index in [1.807, 2.05) is 11.8 Å². The molecule has 0 aromatic heterocycles. The van der Waals surface area contributed by atoms with Gasteiger partial charge in [-0.3, -0.25) is 9.69 Å². The smallest absolute Gasteiger partial charge is 0.320 e. The number of nitrogens with zero attached hydrogens (tertiary/aromatic N) is 1. The first-order valence-corrected chi connectivity index (χ1v) is 7.90. The number of esters is 1. The SMILES string of the molecule is CCCN(CC(=O)OCC)C1CCS(=O)(=O)C1. The highest BCUT2D eigenvalue weighted by molar-refractivity contribution is 7.91. The fourth-order valence-electron chi connectivity index (χ4n) is 2.11. The second-order valence-corrected chi connectivity index (χ2v) is 6.56. The molecule has 0 N–H and O–H groups in total. The van der Waals surface area contributed by atoms with Gasteiger partial charge in [0, 0.05) is 6.04 Å². The summed E-state index contributed by atoms with van der Waals surface area (Å²) >= 11 is 0. The summed E-state index contributed by atoms with van der Waals surface area (Å²) in [5.41, 5.74) is 0. The van der Waals surface area contributed by atoms with Crippen molar-refractivity contribution < 1.29 is 17.9 Å². The summed E-state index contributed by atoms with van der Waals surface area (Å²) in [4.78, 5) is 13.4. The molecular formula is C11H21NO4S. The van der Waals surface area contributed by atoms with Crippen molar-refractivity contribution in [2.75, 3.05) is 31.2 Å². The molecule has 0 saturated carbocycles. The molecule has 0 bridgehead atoms. The average Bonchev–Trinajstić information content (AvgIpc) is 2.58. The maximum absolute atomic E-state index is 11.4. The molecule has 1 fully saturated rings. The van der Waals surface area contributed by atoms with Gasteiger partial charge in [-0.2, -0.15) is 0 Å². The van der Waals surface area contributed by atoms with Gasteiger partial charge in [0.25, 0.3) is 0 Å². The Balaban J connectivity index is 2.57. The summed E-state index contributed by atoms with van der Waals surface area (Å²) in [7, 11) is -2.90. The number of carbonyl (C=O) groups excluding carboxylic acids is 1. The molecule has 1 saturated heterocycles. The van der Waals surface area contributed by atoms with Gasteiger partial charge in [0.1, 0.15) is 0 Å². The molecule has 0 radical (unpaired) electrons. The van der Waals surface area contributed by atoms with Crippen molar-refractivity contribution in [1.82, 2.24) is 4.90 Å². The van der Waals surface area contributed by atoms with E-state index >= 15 is 0 Å². The van der Waals surface area contributed by atoms with Crippen molar-refractivity contribution in [3.63, 3.8) is 0 Å². The zero-order valence-corrected chi connectivity index (χ0v) is 11.3. The molecule has 1 atom stereocenters. The van der Waals surface area contributed by atoms with Gasteiger partial charge in [-0.05, 0) is 26.3 Å². The highest BCUT2D eigenvalue weighted by atomic mass is 32.2. The normalized spacial score (nSPS) is 22.9. The minimum Gasteiger partial charge on any atom is -0.465 e. The predicted octanol–water partition coefficient (Wildman–Crippen LogP) is 0.449. The van der Waals surface area contributed by atoms with Crippen molar-refractivity contribution in [1.29, 1.82) is 0 Å². The molecule has 6 heteroatoms. The quantitative estimate of drug-likeness (QED) is 0.651. The predicted molar refractivity (Wildman–Crippen MR) is 65.6 cm³/mol. The molecular weight excluding hydrogens is 242 g/mol. The topological polar surface area (TPSA) is 63.7 Å². The lowest BCUT2D eigenvalue weighted by atomic mass is 10.2. The molecule has 1 rings (SSSR count). The van der Waals surface area contributed by atoms with E-state index in [9.17, 15) is 13.2 Å². The largest absolute Gasteiger partial charge is 0.465 e. The van der Waals surface area contributed by atoms with Crippen LogP contribution in [-0.2, 0) is 19.4 Å². The molecule has 1 aliphatic rings. The molecule has 1 aliphatic heterocycles. The standard InChI is InChI=1S/C11H21NO4S/c1-3-6-12(8-11(13)16-4-2)10-5-7-17(14,15)9-10/h10H,3-9H2,1-2H3. The van der Waals surface area contributed by atoms with E-state index in [0.717, 1.165) is 13.0 Å². The van der Waals surface area contributed by atoms with Crippen molar-refractivity contribution in [3.05, 3.63) is 0 Å². The Kier molecular flexibility index (Phi) is 5.39. The second-order valence-electron chi connectivity index (χ2n) is 4.33. The van der Waals surface area contributed by atoms with E-state index in [4.69, 9.17) is 4.74 Å². The first-order chi connectivity index (χ1) is 7.98.